The Bertz CT molecular complexity index is 1230. The summed E-state index contributed by atoms with van der Waals surface area (Å²) >= 11 is 13.6. The Labute approximate surface area is 211 Å². The molecule has 0 saturated carbocycles. The normalized spacial score (nSPS) is 16.8. The van der Waals surface area contributed by atoms with Crippen LogP contribution in [0, 0.1) is 0 Å². The first-order chi connectivity index (χ1) is 16.4. The second-order valence-electron chi connectivity index (χ2n) is 7.30. The predicted molar refractivity (Wildman–Crippen MR) is 135 cm³/mol. The molecule has 0 spiro atoms. The Balaban J connectivity index is 1.60. The molecule has 10 heteroatoms. The lowest BCUT2D eigenvalue weighted by Crippen LogP contribution is -2.34. The van der Waals surface area contributed by atoms with Crippen LogP contribution in [0.1, 0.15) is 25.5 Å². The maximum Gasteiger partial charge on any atom is 0.338 e. The third kappa shape index (κ3) is 4.94. The molecule has 7 nitrogen and oxygen atoms in total. The zero-order chi connectivity index (χ0) is 24.2. The zero-order valence-corrected chi connectivity index (χ0v) is 20.7. The van der Waals surface area contributed by atoms with Crippen molar-refractivity contribution in [3.63, 3.8) is 0 Å². The minimum absolute atomic E-state index is 0.244. The van der Waals surface area contributed by atoms with E-state index in [1.165, 1.54) is 11.8 Å². The number of ether oxygens (including phenoxy) is 2. The van der Waals surface area contributed by atoms with Crippen molar-refractivity contribution in [1.82, 2.24) is 4.90 Å². The highest BCUT2D eigenvalue weighted by Gasteiger charge is 2.38. The number of carbonyl (C=O) groups is 2. The fourth-order valence-electron chi connectivity index (χ4n) is 3.64. The van der Waals surface area contributed by atoms with E-state index in [0.29, 0.717) is 33.3 Å². The molecule has 1 N–H and O–H groups in total. The SMILES string of the molecule is CCOC(=O)C1=C(C)N=C2SC=CN2[C@H]1c1ccccc1OCC(=O)Nc1cccc(Cl)c1Cl. The molecule has 2 aliphatic rings. The highest BCUT2D eigenvalue weighted by molar-refractivity contribution is 8.16. The monoisotopic (exact) mass is 517 g/mol. The summed E-state index contributed by atoms with van der Waals surface area (Å²) in [4.78, 5) is 31.9. The van der Waals surface area contributed by atoms with Gasteiger partial charge in [0, 0.05) is 11.8 Å². The van der Waals surface area contributed by atoms with Gasteiger partial charge in [0.2, 0.25) is 0 Å². The van der Waals surface area contributed by atoms with Crippen LogP contribution in [-0.4, -0.2) is 35.2 Å². The average molecular weight is 518 g/mol. The van der Waals surface area contributed by atoms with Gasteiger partial charge in [-0.3, -0.25) is 4.79 Å². The number of amidine groups is 1. The van der Waals surface area contributed by atoms with E-state index in [-0.39, 0.29) is 18.2 Å². The highest BCUT2D eigenvalue weighted by Crippen LogP contribution is 2.43. The van der Waals surface area contributed by atoms with Gasteiger partial charge in [0.25, 0.3) is 5.91 Å². The van der Waals surface area contributed by atoms with Gasteiger partial charge >= 0.3 is 5.97 Å². The second kappa shape index (κ2) is 10.5. The molecule has 0 bridgehead atoms. The molecule has 2 heterocycles. The van der Waals surface area contributed by atoms with Crippen molar-refractivity contribution in [1.29, 1.82) is 0 Å². The second-order valence-corrected chi connectivity index (χ2v) is 8.96. The quantitative estimate of drug-likeness (QED) is 0.469. The van der Waals surface area contributed by atoms with E-state index in [9.17, 15) is 9.59 Å². The first-order valence-corrected chi connectivity index (χ1v) is 12.1. The van der Waals surface area contributed by atoms with Crippen LogP contribution in [0.4, 0.5) is 5.69 Å². The molecule has 0 aliphatic carbocycles. The molecule has 1 atom stereocenters. The van der Waals surface area contributed by atoms with Crippen LogP contribution in [0.15, 0.2) is 70.3 Å². The fraction of sp³-hybridized carbons (Fsp3) is 0.208. The molecule has 0 aromatic heterocycles. The van der Waals surface area contributed by atoms with Crippen LogP contribution in [0.2, 0.25) is 10.0 Å². The molecular formula is C24H21Cl2N3O4S. The maximum atomic E-state index is 12.9. The van der Waals surface area contributed by atoms with Crippen molar-refractivity contribution in [2.24, 2.45) is 4.99 Å². The van der Waals surface area contributed by atoms with E-state index >= 15 is 0 Å². The lowest BCUT2D eigenvalue weighted by atomic mass is 9.94. The lowest BCUT2D eigenvalue weighted by molar-refractivity contribution is -0.139. The van der Waals surface area contributed by atoms with Gasteiger partial charge in [0.05, 0.1) is 39.7 Å². The summed E-state index contributed by atoms with van der Waals surface area (Å²) in [5, 5.41) is 5.94. The predicted octanol–water partition coefficient (Wildman–Crippen LogP) is 5.78. The van der Waals surface area contributed by atoms with Crippen LogP contribution in [0.25, 0.3) is 0 Å². The number of hydrogen-bond donors (Lipinski definition) is 1. The van der Waals surface area contributed by atoms with Gasteiger partial charge in [-0.2, -0.15) is 0 Å². The Kier molecular flexibility index (Phi) is 7.50. The number of aliphatic imine (C=N–C) groups is 1. The molecule has 176 valence electrons. The highest BCUT2D eigenvalue weighted by atomic mass is 35.5. The topological polar surface area (TPSA) is 80.2 Å². The number of fused-ring (bicyclic) bond motifs is 1. The van der Waals surface area contributed by atoms with E-state index in [4.69, 9.17) is 32.7 Å². The Morgan fingerprint density at radius 3 is 2.76 bits per heavy atom. The minimum Gasteiger partial charge on any atom is -0.483 e. The summed E-state index contributed by atoms with van der Waals surface area (Å²) in [6.07, 6.45) is 1.87. The van der Waals surface area contributed by atoms with Crippen LogP contribution < -0.4 is 10.1 Å². The lowest BCUT2D eigenvalue weighted by Gasteiger charge is -2.34. The van der Waals surface area contributed by atoms with Crippen LogP contribution >= 0.6 is 35.0 Å². The third-order valence-corrected chi connectivity index (χ3v) is 6.70. The molecule has 2 aromatic rings. The first-order valence-electron chi connectivity index (χ1n) is 10.4. The average Bonchev–Trinajstić information content (AvgIpc) is 3.28. The number of carbonyl (C=O) groups excluding carboxylic acids is 2. The van der Waals surface area contributed by atoms with E-state index < -0.39 is 17.9 Å². The summed E-state index contributed by atoms with van der Waals surface area (Å²) in [5.41, 5.74) is 2.10. The number of allylic oxidation sites excluding steroid dienone is 1. The van der Waals surface area contributed by atoms with Gasteiger partial charge in [-0.25, -0.2) is 9.79 Å². The number of nitrogens with zero attached hydrogens (tertiary/aromatic N) is 2. The molecule has 1 amide bonds. The Morgan fingerprint density at radius 2 is 1.97 bits per heavy atom. The van der Waals surface area contributed by atoms with Gasteiger partial charge in [-0.1, -0.05) is 59.2 Å². The number of hydrogen-bond acceptors (Lipinski definition) is 7. The first kappa shape index (κ1) is 24.2. The van der Waals surface area contributed by atoms with Crippen LogP contribution in [0.3, 0.4) is 0 Å². The molecule has 0 radical (unpaired) electrons. The van der Waals surface area contributed by atoms with Crippen LogP contribution in [-0.2, 0) is 14.3 Å². The zero-order valence-electron chi connectivity index (χ0n) is 18.4. The molecule has 4 rings (SSSR count). The summed E-state index contributed by atoms with van der Waals surface area (Å²) in [6.45, 7) is 3.52. The van der Waals surface area contributed by atoms with Crippen molar-refractivity contribution in [3.8, 4) is 5.75 Å². The molecule has 34 heavy (non-hydrogen) atoms. The fourth-order valence-corrected chi connectivity index (χ4v) is 4.78. The van der Waals surface area contributed by atoms with Gasteiger partial charge in [0.15, 0.2) is 11.8 Å². The minimum atomic E-state index is -0.514. The number of anilines is 1. The summed E-state index contributed by atoms with van der Waals surface area (Å²) < 4.78 is 11.2. The van der Waals surface area contributed by atoms with Gasteiger partial charge < -0.3 is 19.7 Å². The summed E-state index contributed by atoms with van der Waals surface area (Å²) in [5.74, 6) is -0.388. The number of benzene rings is 2. The molecule has 0 fully saturated rings. The van der Waals surface area contributed by atoms with Crippen molar-refractivity contribution in [2.75, 3.05) is 18.5 Å². The number of amides is 1. The third-order valence-electron chi connectivity index (χ3n) is 5.11. The summed E-state index contributed by atoms with van der Waals surface area (Å²) in [6, 6.07) is 11.7. The number of rotatable bonds is 7. The molecule has 2 aliphatic heterocycles. The van der Waals surface area contributed by atoms with Crippen molar-refractivity contribution in [3.05, 3.63) is 81.0 Å². The molecular weight excluding hydrogens is 497 g/mol. The smallest absolute Gasteiger partial charge is 0.338 e. The van der Waals surface area contributed by atoms with Crippen molar-refractivity contribution in [2.45, 2.75) is 19.9 Å². The van der Waals surface area contributed by atoms with Gasteiger partial charge in [-0.05, 0) is 37.5 Å². The number of esters is 1. The number of nitrogens with one attached hydrogen (secondary N) is 1. The Hall–Kier alpha value is -2.94. The largest absolute Gasteiger partial charge is 0.483 e. The van der Waals surface area contributed by atoms with E-state index in [1.807, 2.05) is 28.6 Å². The van der Waals surface area contributed by atoms with E-state index in [0.717, 1.165) is 5.17 Å². The number of halogens is 2. The van der Waals surface area contributed by atoms with Crippen LogP contribution in [0.5, 0.6) is 5.75 Å². The Morgan fingerprint density at radius 1 is 1.18 bits per heavy atom. The summed E-state index contributed by atoms with van der Waals surface area (Å²) in [7, 11) is 0. The van der Waals surface area contributed by atoms with Crippen molar-refractivity contribution < 1.29 is 19.1 Å². The van der Waals surface area contributed by atoms with Crippen molar-refractivity contribution >= 4 is 57.7 Å². The molecule has 0 unspecified atom stereocenters. The number of para-hydroxylation sites is 1. The van der Waals surface area contributed by atoms with Gasteiger partial charge in [-0.15, -0.1) is 0 Å². The van der Waals surface area contributed by atoms with E-state index in [2.05, 4.69) is 10.3 Å². The van der Waals surface area contributed by atoms with E-state index in [1.54, 1.807) is 44.2 Å². The maximum absolute atomic E-state index is 12.9. The molecule has 0 saturated heterocycles. The standard InChI is InChI=1S/C24H21Cl2N3O4S/c1-3-32-23(31)20-14(2)27-24-29(11-12-34-24)22(20)15-7-4-5-10-18(15)33-13-19(30)28-17-9-6-8-16(25)21(17)26/h4-12,22H,3,13H2,1-2H3,(H,28,30)/t22-/m0/s1. The molecule has 2 aromatic carbocycles. The number of thioether (sulfide) groups is 1. The van der Waals surface area contributed by atoms with Gasteiger partial charge in [0.1, 0.15) is 5.75 Å².